The number of hydrogen-bond acceptors (Lipinski definition) is 4. The summed E-state index contributed by atoms with van der Waals surface area (Å²) < 4.78 is 7.15. The quantitative estimate of drug-likeness (QED) is 0.639. The molecule has 0 saturated heterocycles. The van der Waals surface area contributed by atoms with Crippen LogP contribution in [-0.2, 0) is 6.42 Å². The Morgan fingerprint density at radius 2 is 1.89 bits per heavy atom. The predicted octanol–water partition coefficient (Wildman–Crippen LogP) is 5.43. The van der Waals surface area contributed by atoms with E-state index in [1.165, 1.54) is 0 Å². The van der Waals surface area contributed by atoms with Crippen molar-refractivity contribution in [2.24, 2.45) is 5.41 Å². The number of benzene rings is 2. The minimum absolute atomic E-state index is 0.108. The maximum atomic E-state index is 13.0. The average Bonchev–Trinajstić information content (AvgIpc) is 2.99. The number of aromatic nitrogens is 2. The second-order valence-electron chi connectivity index (χ2n) is 7.86. The average molecular weight is 396 g/mol. The van der Waals surface area contributed by atoms with Crippen molar-refractivity contribution < 1.29 is 9.53 Å². The predicted molar refractivity (Wildman–Crippen MR) is 111 cm³/mol. The minimum atomic E-state index is -0.110. The number of ketones is 1. The van der Waals surface area contributed by atoms with E-state index in [9.17, 15) is 4.79 Å². The number of nitrogens with zero attached hydrogens (tertiary/aromatic N) is 2. The van der Waals surface area contributed by atoms with Crippen LogP contribution in [0.2, 0.25) is 5.02 Å². The van der Waals surface area contributed by atoms with Gasteiger partial charge in [0.25, 0.3) is 0 Å². The summed E-state index contributed by atoms with van der Waals surface area (Å²) in [5.41, 5.74) is 3.18. The number of methoxy groups -OCH3 is 1. The first-order valence-corrected chi connectivity index (χ1v) is 9.56. The number of rotatable bonds is 4. The molecule has 0 saturated carbocycles. The summed E-state index contributed by atoms with van der Waals surface area (Å²) in [6.07, 6.45) is 1.27. The van der Waals surface area contributed by atoms with Gasteiger partial charge in [-0.15, -0.1) is 5.10 Å². The lowest BCUT2D eigenvalue weighted by atomic mass is 9.76. The molecule has 1 heterocycles. The maximum Gasteiger partial charge on any atom is 0.169 e. The summed E-state index contributed by atoms with van der Waals surface area (Å²) in [6, 6.07) is 15.1. The largest absolute Gasteiger partial charge is 0.497 e. The van der Waals surface area contributed by atoms with Gasteiger partial charge in [-0.2, -0.15) is 0 Å². The van der Waals surface area contributed by atoms with Crippen LogP contribution in [-0.4, -0.2) is 22.7 Å². The third-order valence-corrected chi connectivity index (χ3v) is 5.20. The Morgan fingerprint density at radius 1 is 1.14 bits per heavy atom. The van der Waals surface area contributed by atoms with Crippen LogP contribution < -0.4 is 10.1 Å². The van der Waals surface area contributed by atoms with E-state index in [1.54, 1.807) is 7.11 Å². The Morgan fingerprint density at radius 3 is 2.61 bits per heavy atom. The Labute approximate surface area is 169 Å². The van der Waals surface area contributed by atoms with Crippen molar-refractivity contribution in [3.05, 3.63) is 64.8 Å². The zero-order chi connectivity index (χ0) is 19.9. The number of carbonyl (C=O) groups excluding carboxylic acids is 1. The van der Waals surface area contributed by atoms with Crippen LogP contribution in [0, 0.1) is 5.41 Å². The summed E-state index contributed by atoms with van der Waals surface area (Å²) in [4.78, 5) is 13.0. The van der Waals surface area contributed by atoms with Crippen LogP contribution in [0.15, 0.2) is 48.5 Å². The van der Waals surface area contributed by atoms with Gasteiger partial charge in [0.15, 0.2) is 11.6 Å². The molecule has 0 aliphatic heterocycles. The van der Waals surface area contributed by atoms with Crippen LogP contribution in [0.1, 0.15) is 36.3 Å². The van der Waals surface area contributed by atoms with E-state index in [1.807, 2.05) is 53.2 Å². The lowest BCUT2D eigenvalue weighted by molar-refractivity contribution is 0.0912. The Bertz CT molecular complexity index is 1040. The van der Waals surface area contributed by atoms with Crippen molar-refractivity contribution in [2.75, 3.05) is 12.4 Å². The Hall–Kier alpha value is -2.79. The van der Waals surface area contributed by atoms with Gasteiger partial charge in [-0.25, -0.2) is 4.68 Å². The van der Waals surface area contributed by atoms with E-state index in [-0.39, 0.29) is 11.2 Å². The molecule has 0 unspecified atom stereocenters. The molecule has 0 atom stereocenters. The molecule has 144 valence electrons. The van der Waals surface area contributed by atoms with Gasteiger partial charge in [-0.05, 0) is 48.2 Å². The molecule has 1 aliphatic rings. The molecular formula is C22H22ClN3O2. The van der Waals surface area contributed by atoms with Gasteiger partial charge in [0.1, 0.15) is 5.75 Å². The van der Waals surface area contributed by atoms with Gasteiger partial charge >= 0.3 is 0 Å². The molecule has 2 aromatic carbocycles. The van der Waals surface area contributed by atoms with Gasteiger partial charge in [0.05, 0.1) is 24.1 Å². The highest BCUT2D eigenvalue weighted by Gasteiger charge is 2.36. The molecule has 1 aromatic heterocycles. The first-order chi connectivity index (χ1) is 13.4. The molecule has 0 fully saturated rings. The number of fused-ring (bicyclic) bond motifs is 1. The van der Waals surface area contributed by atoms with Gasteiger partial charge in [-0.3, -0.25) is 4.79 Å². The smallest absolute Gasteiger partial charge is 0.169 e. The van der Waals surface area contributed by atoms with Gasteiger partial charge in [-0.1, -0.05) is 31.5 Å². The van der Waals surface area contributed by atoms with Crippen molar-refractivity contribution in [1.29, 1.82) is 0 Å². The Kier molecular flexibility index (Phi) is 4.63. The van der Waals surface area contributed by atoms with Crippen LogP contribution >= 0.6 is 11.6 Å². The Balaban J connectivity index is 1.83. The summed E-state index contributed by atoms with van der Waals surface area (Å²) in [5, 5.41) is 8.73. The first kappa shape index (κ1) is 18.6. The van der Waals surface area contributed by atoms with Gasteiger partial charge in [0, 0.05) is 23.2 Å². The highest BCUT2D eigenvalue weighted by Crippen LogP contribution is 2.39. The maximum absolute atomic E-state index is 13.0. The van der Waals surface area contributed by atoms with Gasteiger partial charge < -0.3 is 10.1 Å². The molecule has 4 rings (SSSR count). The number of ether oxygens (including phenoxy) is 1. The standard InChI is InChI=1S/C22H22ClN3O2/c1-22(2)12-18-20(19(27)13-22)21(24-15-5-4-6-17(11-15)28-3)25-26(18)16-9-7-14(23)8-10-16/h4-11H,12-13H2,1-3H3,(H,24,25). The van der Waals surface area contributed by atoms with Gasteiger partial charge in [0.2, 0.25) is 0 Å². The van der Waals surface area contributed by atoms with E-state index in [0.717, 1.165) is 29.2 Å². The number of hydrogen-bond donors (Lipinski definition) is 1. The van der Waals surface area contributed by atoms with Crippen LogP contribution in [0.5, 0.6) is 5.75 Å². The van der Waals surface area contributed by atoms with Crippen molar-refractivity contribution in [1.82, 2.24) is 9.78 Å². The fraction of sp³-hybridized carbons (Fsp3) is 0.273. The van der Waals surface area contributed by atoms with E-state index >= 15 is 0 Å². The molecule has 0 radical (unpaired) electrons. The van der Waals surface area contributed by atoms with Crippen molar-refractivity contribution in [2.45, 2.75) is 26.7 Å². The number of nitrogens with one attached hydrogen (secondary N) is 1. The van der Waals surface area contributed by atoms with E-state index in [0.29, 0.717) is 22.8 Å². The van der Waals surface area contributed by atoms with Crippen molar-refractivity contribution >= 4 is 28.9 Å². The lowest BCUT2D eigenvalue weighted by Gasteiger charge is -2.29. The zero-order valence-corrected chi connectivity index (χ0v) is 16.9. The number of Topliss-reactive ketones (excluding diaryl/α,β-unsaturated/α-hetero) is 1. The van der Waals surface area contributed by atoms with Crippen molar-refractivity contribution in [3.63, 3.8) is 0 Å². The highest BCUT2D eigenvalue weighted by molar-refractivity contribution is 6.30. The van der Waals surface area contributed by atoms with Crippen LogP contribution in [0.3, 0.4) is 0 Å². The van der Waals surface area contributed by atoms with Crippen LogP contribution in [0.25, 0.3) is 5.69 Å². The molecule has 3 aromatic rings. The molecular weight excluding hydrogens is 374 g/mol. The topological polar surface area (TPSA) is 56.1 Å². The highest BCUT2D eigenvalue weighted by atomic mass is 35.5. The molecule has 0 amide bonds. The van der Waals surface area contributed by atoms with Crippen molar-refractivity contribution in [3.8, 4) is 11.4 Å². The summed E-state index contributed by atoms with van der Waals surface area (Å²) in [7, 11) is 1.63. The third kappa shape index (κ3) is 3.50. The monoisotopic (exact) mass is 395 g/mol. The molecule has 1 N–H and O–H groups in total. The normalized spacial score (nSPS) is 15.2. The second-order valence-corrected chi connectivity index (χ2v) is 8.29. The summed E-state index contributed by atoms with van der Waals surface area (Å²) in [5.74, 6) is 1.42. The molecule has 28 heavy (non-hydrogen) atoms. The SMILES string of the molecule is COc1cccc(Nc2nn(-c3ccc(Cl)cc3)c3c2C(=O)CC(C)(C)C3)c1. The lowest BCUT2D eigenvalue weighted by Crippen LogP contribution is -2.28. The molecule has 0 bridgehead atoms. The summed E-state index contributed by atoms with van der Waals surface area (Å²) >= 11 is 6.04. The first-order valence-electron chi connectivity index (χ1n) is 9.18. The zero-order valence-electron chi connectivity index (χ0n) is 16.1. The summed E-state index contributed by atoms with van der Waals surface area (Å²) in [6.45, 7) is 4.23. The van der Waals surface area contributed by atoms with E-state index < -0.39 is 0 Å². The fourth-order valence-corrected chi connectivity index (χ4v) is 3.79. The van der Waals surface area contributed by atoms with Crippen LogP contribution in [0.4, 0.5) is 11.5 Å². The third-order valence-electron chi connectivity index (χ3n) is 4.95. The number of carbonyl (C=O) groups is 1. The number of halogens is 1. The number of anilines is 2. The second kappa shape index (κ2) is 6.99. The molecule has 0 spiro atoms. The molecule has 1 aliphatic carbocycles. The molecule has 5 nitrogen and oxygen atoms in total. The van der Waals surface area contributed by atoms with E-state index in [4.69, 9.17) is 21.4 Å². The van der Waals surface area contributed by atoms with E-state index in [2.05, 4.69) is 19.2 Å². The molecule has 6 heteroatoms. The fourth-order valence-electron chi connectivity index (χ4n) is 3.67. The minimum Gasteiger partial charge on any atom is -0.497 e.